The van der Waals surface area contributed by atoms with E-state index in [0.29, 0.717) is 6.42 Å². The van der Waals surface area contributed by atoms with Crippen LogP contribution in [-0.4, -0.2) is 23.1 Å². The summed E-state index contributed by atoms with van der Waals surface area (Å²) in [5.41, 5.74) is 0. The zero-order valence-electron chi connectivity index (χ0n) is 26.2. The fraction of sp³-hybridized carbons (Fsp3) is 0.886. The average molecular weight is 551 g/mol. The quantitative estimate of drug-likeness (QED) is 0.0529. The molecule has 0 rings (SSSR count). The highest BCUT2D eigenvalue weighted by atomic mass is 16.5. The molecule has 0 fully saturated rings. The largest absolute Gasteiger partial charge is 0.481 e. The van der Waals surface area contributed by atoms with Gasteiger partial charge in [-0.2, -0.15) is 0 Å². The van der Waals surface area contributed by atoms with E-state index < -0.39 is 5.97 Å². The Hall–Kier alpha value is -1.32. The number of ether oxygens (including phenoxy) is 1. The lowest BCUT2D eigenvalue weighted by Crippen LogP contribution is -2.18. The molecule has 39 heavy (non-hydrogen) atoms. The van der Waals surface area contributed by atoms with Gasteiger partial charge in [0, 0.05) is 12.8 Å². The number of unbranched alkanes of at least 4 members (excludes halogenated alkanes) is 20. The molecule has 0 aromatic heterocycles. The summed E-state index contributed by atoms with van der Waals surface area (Å²) in [4.78, 5) is 23.1. The van der Waals surface area contributed by atoms with Crippen LogP contribution in [0.5, 0.6) is 0 Å². The number of esters is 1. The first kappa shape index (κ1) is 37.7. The van der Waals surface area contributed by atoms with Gasteiger partial charge >= 0.3 is 11.9 Å². The molecule has 230 valence electrons. The Morgan fingerprint density at radius 3 is 1.41 bits per heavy atom. The summed E-state index contributed by atoms with van der Waals surface area (Å²) in [5, 5.41) is 8.73. The van der Waals surface area contributed by atoms with Crippen LogP contribution in [0.4, 0.5) is 0 Å². The lowest BCUT2D eigenvalue weighted by atomic mass is 10.0. The molecule has 1 unspecified atom stereocenters. The zero-order valence-corrected chi connectivity index (χ0v) is 26.2. The van der Waals surface area contributed by atoms with Gasteiger partial charge in [0.2, 0.25) is 0 Å². The van der Waals surface area contributed by atoms with Crippen molar-refractivity contribution in [1.29, 1.82) is 0 Å². The summed E-state index contributed by atoms with van der Waals surface area (Å²) in [6.07, 6.45) is 36.5. The predicted molar refractivity (Wildman–Crippen MR) is 167 cm³/mol. The summed E-state index contributed by atoms with van der Waals surface area (Å²) in [6, 6.07) is 0. The maximum atomic E-state index is 12.5. The van der Waals surface area contributed by atoms with E-state index in [0.717, 1.165) is 70.6 Å². The standard InChI is InChI=1S/C35H66O4/c1-3-5-7-9-11-12-13-14-15-16-17-18-24-28-32-35(38)39-33(29-25-21-10-8-6-4-2)30-26-22-19-20-23-27-31-34(36)37/h12-13,33H,3-11,14-32H2,1-2H3,(H,36,37)/b13-12-. The van der Waals surface area contributed by atoms with Gasteiger partial charge in [-0.15, -0.1) is 0 Å². The van der Waals surface area contributed by atoms with Crippen molar-refractivity contribution in [3.05, 3.63) is 12.2 Å². The van der Waals surface area contributed by atoms with E-state index >= 15 is 0 Å². The number of allylic oxidation sites excluding steroid dienone is 2. The van der Waals surface area contributed by atoms with Crippen LogP contribution in [-0.2, 0) is 14.3 Å². The van der Waals surface area contributed by atoms with E-state index in [1.165, 1.54) is 96.3 Å². The molecule has 0 amide bonds. The molecule has 0 saturated carbocycles. The van der Waals surface area contributed by atoms with Crippen molar-refractivity contribution in [2.24, 2.45) is 0 Å². The van der Waals surface area contributed by atoms with E-state index in [4.69, 9.17) is 9.84 Å². The number of hydrogen-bond donors (Lipinski definition) is 1. The van der Waals surface area contributed by atoms with Gasteiger partial charge in [-0.1, -0.05) is 129 Å². The van der Waals surface area contributed by atoms with E-state index in [1.54, 1.807) is 0 Å². The van der Waals surface area contributed by atoms with Crippen LogP contribution >= 0.6 is 0 Å². The van der Waals surface area contributed by atoms with E-state index in [9.17, 15) is 9.59 Å². The first-order chi connectivity index (χ1) is 19.1. The topological polar surface area (TPSA) is 63.6 Å². The van der Waals surface area contributed by atoms with Crippen molar-refractivity contribution in [3.63, 3.8) is 0 Å². The number of carbonyl (C=O) groups excluding carboxylic acids is 1. The number of hydrogen-bond acceptors (Lipinski definition) is 3. The molecule has 0 aromatic rings. The Morgan fingerprint density at radius 1 is 0.538 bits per heavy atom. The van der Waals surface area contributed by atoms with Crippen molar-refractivity contribution in [1.82, 2.24) is 0 Å². The summed E-state index contributed by atoms with van der Waals surface area (Å²) in [7, 11) is 0. The summed E-state index contributed by atoms with van der Waals surface area (Å²) in [5.74, 6) is -0.690. The van der Waals surface area contributed by atoms with Crippen molar-refractivity contribution in [2.45, 2.75) is 200 Å². The Bertz CT molecular complexity index is 557. The second-order valence-electron chi connectivity index (χ2n) is 11.7. The van der Waals surface area contributed by atoms with Gasteiger partial charge in [0.15, 0.2) is 0 Å². The molecule has 0 heterocycles. The fourth-order valence-electron chi connectivity index (χ4n) is 5.18. The van der Waals surface area contributed by atoms with Crippen LogP contribution < -0.4 is 0 Å². The minimum atomic E-state index is -0.693. The van der Waals surface area contributed by atoms with Gasteiger partial charge in [0.1, 0.15) is 6.10 Å². The second-order valence-corrected chi connectivity index (χ2v) is 11.7. The van der Waals surface area contributed by atoms with Crippen molar-refractivity contribution < 1.29 is 19.4 Å². The molecule has 0 spiro atoms. The average Bonchev–Trinajstić information content (AvgIpc) is 2.91. The normalized spacial score (nSPS) is 12.3. The Balaban J connectivity index is 3.94. The third-order valence-corrected chi connectivity index (χ3v) is 7.74. The predicted octanol–water partition coefficient (Wildman–Crippen LogP) is 11.5. The van der Waals surface area contributed by atoms with Gasteiger partial charge in [-0.05, 0) is 64.2 Å². The minimum Gasteiger partial charge on any atom is -0.481 e. The molecule has 0 aromatic carbocycles. The molecular formula is C35H66O4. The molecule has 1 N–H and O–H groups in total. The van der Waals surface area contributed by atoms with Crippen LogP contribution in [0.1, 0.15) is 194 Å². The van der Waals surface area contributed by atoms with Gasteiger partial charge in [-0.25, -0.2) is 0 Å². The van der Waals surface area contributed by atoms with Crippen LogP contribution in [0, 0.1) is 0 Å². The van der Waals surface area contributed by atoms with Crippen LogP contribution in [0.15, 0.2) is 12.2 Å². The Morgan fingerprint density at radius 2 is 0.923 bits per heavy atom. The maximum absolute atomic E-state index is 12.5. The molecule has 0 aliphatic carbocycles. The molecule has 0 saturated heterocycles. The Labute approximate surface area is 243 Å². The first-order valence-corrected chi connectivity index (χ1v) is 17.2. The SMILES string of the molecule is CCCCCC/C=C\CCCCCCCCC(=O)OC(CCCCCCCC)CCCCCCCCC(=O)O. The van der Waals surface area contributed by atoms with Crippen molar-refractivity contribution in [2.75, 3.05) is 0 Å². The number of carboxylic acids is 1. The van der Waals surface area contributed by atoms with Crippen molar-refractivity contribution >= 4 is 11.9 Å². The third kappa shape index (κ3) is 31.1. The fourth-order valence-corrected chi connectivity index (χ4v) is 5.18. The summed E-state index contributed by atoms with van der Waals surface area (Å²) >= 11 is 0. The Kier molecular flexibility index (Phi) is 30.2. The van der Waals surface area contributed by atoms with Crippen LogP contribution in [0.2, 0.25) is 0 Å². The van der Waals surface area contributed by atoms with Gasteiger partial charge in [-0.3, -0.25) is 9.59 Å². The van der Waals surface area contributed by atoms with E-state index in [2.05, 4.69) is 26.0 Å². The number of aliphatic carboxylic acids is 1. The number of carboxylic acid groups (broad SMARTS) is 1. The lowest BCUT2D eigenvalue weighted by Gasteiger charge is -2.18. The lowest BCUT2D eigenvalue weighted by molar-refractivity contribution is -0.150. The molecule has 4 heteroatoms. The van der Waals surface area contributed by atoms with Crippen molar-refractivity contribution in [3.8, 4) is 0 Å². The van der Waals surface area contributed by atoms with Gasteiger partial charge in [0.05, 0.1) is 0 Å². The monoisotopic (exact) mass is 550 g/mol. The highest BCUT2D eigenvalue weighted by Gasteiger charge is 2.14. The molecule has 0 aliphatic heterocycles. The number of rotatable bonds is 31. The molecular weight excluding hydrogens is 484 g/mol. The summed E-state index contributed by atoms with van der Waals surface area (Å²) < 4.78 is 5.95. The molecule has 0 aliphatic rings. The third-order valence-electron chi connectivity index (χ3n) is 7.74. The van der Waals surface area contributed by atoms with Gasteiger partial charge in [0.25, 0.3) is 0 Å². The maximum Gasteiger partial charge on any atom is 0.306 e. The highest BCUT2D eigenvalue weighted by molar-refractivity contribution is 5.69. The molecule has 0 radical (unpaired) electrons. The summed E-state index contributed by atoms with van der Waals surface area (Å²) in [6.45, 7) is 4.51. The second kappa shape index (κ2) is 31.2. The van der Waals surface area contributed by atoms with E-state index in [1.807, 2.05) is 0 Å². The van der Waals surface area contributed by atoms with E-state index in [-0.39, 0.29) is 18.5 Å². The van der Waals surface area contributed by atoms with Gasteiger partial charge < -0.3 is 9.84 Å². The van der Waals surface area contributed by atoms with Crippen LogP contribution in [0.25, 0.3) is 0 Å². The molecule has 1 atom stereocenters. The smallest absolute Gasteiger partial charge is 0.306 e. The number of carbonyl (C=O) groups is 2. The minimum absolute atomic E-state index is 0.00345. The first-order valence-electron chi connectivity index (χ1n) is 17.2. The molecule has 4 nitrogen and oxygen atoms in total. The highest BCUT2D eigenvalue weighted by Crippen LogP contribution is 2.18. The zero-order chi connectivity index (χ0) is 28.7. The van der Waals surface area contributed by atoms with Crippen LogP contribution in [0.3, 0.4) is 0 Å². The molecule has 0 bridgehead atoms.